The number of nitro benzene ring substituents is 1. The molecule has 15 nitrogen and oxygen atoms in total. The van der Waals surface area contributed by atoms with Gasteiger partial charge in [-0.25, -0.2) is 0 Å². The summed E-state index contributed by atoms with van der Waals surface area (Å²) in [6.07, 6.45) is 0. The number of carbonyl (C=O) groups is 3. The molecule has 2 rings (SSSR count). The van der Waals surface area contributed by atoms with Crippen LogP contribution in [0, 0.1) is 21.4 Å². The Morgan fingerprint density at radius 3 is 2.00 bits per heavy atom. The molecule has 0 amide bonds. The maximum absolute atomic E-state index is 12.0. The van der Waals surface area contributed by atoms with Crippen molar-refractivity contribution >= 4 is 45.1 Å². The molecule has 6 N–H and O–H groups in total. The summed E-state index contributed by atoms with van der Waals surface area (Å²) in [5.41, 5.74) is 11.5. The third-order valence-electron chi connectivity index (χ3n) is 3.24. The summed E-state index contributed by atoms with van der Waals surface area (Å²) in [5.74, 6) is -4.22. The first-order chi connectivity index (χ1) is 16.6. The number of ether oxygens (including phenoxy) is 1. The summed E-state index contributed by atoms with van der Waals surface area (Å²) in [5, 5.41) is 34.5. The third-order valence-corrected chi connectivity index (χ3v) is 4.28. The molecule has 36 heavy (non-hydrogen) atoms. The van der Waals surface area contributed by atoms with E-state index in [0.29, 0.717) is 16.9 Å². The number of nitro groups is 1. The number of benzene rings is 2. The molecule has 0 unspecified atom stereocenters. The molecule has 0 bridgehead atoms. The lowest BCUT2D eigenvalue weighted by Gasteiger charge is -2.09. The SMILES string of the molecule is CC(=O)O.CC(=O)O.N#Cc1cc(OS(=O)(=O)CC(=O)OCc2cc(N)cc(N)c2)ccc1[N+](=O)[O-]. The number of carboxylic acids is 2. The zero-order valence-electron chi connectivity index (χ0n) is 18.9. The highest BCUT2D eigenvalue weighted by Crippen LogP contribution is 2.24. The summed E-state index contributed by atoms with van der Waals surface area (Å²) in [7, 11) is -4.42. The van der Waals surface area contributed by atoms with Gasteiger partial charge in [0, 0.05) is 37.4 Å². The predicted molar refractivity (Wildman–Crippen MR) is 124 cm³/mol. The lowest BCUT2D eigenvalue weighted by atomic mass is 10.2. The lowest BCUT2D eigenvalue weighted by molar-refractivity contribution is -0.385. The highest BCUT2D eigenvalue weighted by molar-refractivity contribution is 7.87. The van der Waals surface area contributed by atoms with Gasteiger partial charge in [0.05, 0.1) is 4.92 Å². The van der Waals surface area contributed by atoms with Crippen LogP contribution >= 0.6 is 0 Å². The van der Waals surface area contributed by atoms with Gasteiger partial charge in [-0.2, -0.15) is 13.7 Å². The van der Waals surface area contributed by atoms with Gasteiger partial charge in [0.15, 0.2) is 5.75 Å². The summed E-state index contributed by atoms with van der Waals surface area (Å²) in [4.78, 5) is 39.8. The van der Waals surface area contributed by atoms with Gasteiger partial charge in [0.1, 0.15) is 24.0 Å². The molecule has 194 valence electrons. The van der Waals surface area contributed by atoms with Crippen molar-refractivity contribution in [1.29, 1.82) is 5.26 Å². The predicted octanol–water partition coefficient (Wildman–Crippen LogP) is 1.26. The van der Waals surface area contributed by atoms with Crippen molar-refractivity contribution in [2.75, 3.05) is 17.2 Å². The lowest BCUT2D eigenvalue weighted by Crippen LogP contribution is -2.22. The molecule has 0 aliphatic carbocycles. The average molecular weight is 526 g/mol. The summed E-state index contributed by atoms with van der Waals surface area (Å²) < 4.78 is 33.5. The number of nitrogens with zero attached hydrogens (tertiary/aromatic N) is 2. The topological polar surface area (TPSA) is 263 Å². The Morgan fingerprint density at radius 2 is 1.56 bits per heavy atom. The largest absolute Gasteiger partial charge is 0.481 e. The summed E-state index contributed by atoms with van der Waals surface area (Å²) in [6, 6.07) is 8.89. The van der Waals surface area contributed by atoms with Crippen LogP contribution in [-0.2, 0) is 35.8 Å². The number of rotatable bonds is 7. The quantitative estimate of drug-likeness (QED) is 0.130. The minimum Gasteiger partial charge on any atom is -0.481 e. The fourth-order valence-corrected chi connectivity index (χ4v) is 3.00. The van der Waals surface area contributed by atoms with Gasteiger partial charge in [0.2, 0.25) is 0 Å². The van der Waals surface area contributed by atoms with Crippen molar-refractivity contribution < 1.29 is 46.9 Å². The van der Waals surface area contributed by atoms with Gasteiger partial charge in [-0.05, 0) is 29.8 Å². The van der Waals surface area contributed by atoms with E-state index >= 15 is 0 Å². The van der Waals surface area contributed by atoms with Crippen molar-refractivity contribution in [3.63, 3.8) is 0 Å². The number of aliphatic carboxylic acids is 2. The van der Waals surface area contributed by atoms with Gasteiger partial charge in [-0.3, -0.25) is 24.5 Å². The molecule has 0 heterocycles. The monoisotopic (exact) mass is 526 g/mol. The number of nitrogen functional groups attached to an aromatic ring is 2. The first-order valence-corrected chi connectivity index (χ1v) is 10.9. The Labute approximate surface area is 204 Å². The second-order valence-corrected chi connectivity index (χ2v) is 8.11. The minimum absolute atomic E-state index is 0.250. The van der Waals surface area contributed by atoms with Crippen molar-refractivity contribution in [1.82, 2.24) is 0 Å². The molecule has 2 aromatic rings. The van der Waals surface area contributed by atoms with Crippen LogP contribution in [-0.4, -0.2) is 47.2 Å². The molecule has 0 saturated carbocycles. The Morgan fingerprint density at radius 1 is 1.06 bits per heavy atom. The van der Waals surface area contributed by atoms with E-state index in [1.165, 1.54) is 18.2 Å². The van der Waals surface area contributed by atoms with Crippen LogP contribution in [0.2, 0.25) is 0 Å². The summed E-state index contributed by atoms with van der Waals surface area (Å²) >= 11 is 0. The normalized spacial score (nSPS) is 9.69. The van der Waals surface area contributed by atoms with Crippen molar-refractivity contribution in [3.05, 3.63) is 57.6 Å². The molecule has 0 fully saturated rings. The highest BCUT2D eigenvalue weighted by atomic mass is 32.2. The number of nitriles is 1. The Kier molecular flexibility index (Phi) is 12.4. The standard InChI is InChI=1S/C16H14N4O7S.2C2H4O2/c17-7-11-5-14(1-2-15(11)20(22)23)27-28(24,25)9-16(21)26-8-10-3-12(18)6-13(19)4-10;2*1-2(3)4/h1-6H,8-9,18-19H2;2*1H3,(H,3,4). The fourth-order valence-electron chi connectivity index (χ4n) is 2.17. The Balaban J connectivity index is 0.00000133. The van der Waals surface area contributed by atoms with E-state index in [9.17, 15) is 23.3 Å². The van der Waals surface area contributed by atoms with E-state index in [1.54, 1.807) is 6.07 Å². The molecule has 0 saturated heterocycles. The molecule has 0 spiro atoms. The van der Waals surface area contributed by atoms with E-state index in [-0.39, 0.29) is 17.9 Å². The second kappa shape index (κ2) is 14.4. The van der Waals surface area contributed by atoms with Crippen molar-refractivity contribution in [3.8, 4) is 11.8 Å². The number of carbonyl (C=O) groups excluding carboxylic acids is 1. The molecule has 0 aromatic heterocycles. The number of nitrogens with two attached hydrogens (primary N) is 2. The van der Waals surface area contributed by atoms with Crippen LogP contribution in [0.25, 0.3) is 0 Å². The van der Waals surface area contributed by atoms with Crippen molar-refractivity contribution in [2.45, 2.75) is 20.5 Å². The zero-order chi connectivity index (χ0) is 28.1. The molecule has 16 heteroatoms. The molecular weight excluding hydrogens is 504 g/mol. The average Bonchev–Trinajstić information content (AvgIpc) is 2.69. The Hall–Kier alpha value is -4.91. The molecule has 0 aliphatic heterocycles. The molecule has 0 aliphatic rings. The smallest absolute Gasteiger partial charge is 0.325 e. The van der Waals surface area contributed by atoms with Gasteiger partial charge in [0.25, 0.3) is 17.6 Å². The number of hydrogen-bond acceptors (Lipinski definition) is 12. The maximum Gasteiger partial charge on any atom is 0.325 e. The van der Waals surface area contributed by atoms with Crippen LogP contribution < -0.4 is 15.7 Å². The minimum atomic E-state index is -4.42. The van der Waals surface area contributed by atoms with Gasteiger partial charge in [-0.15, -0.1) is 0 Å². The van der Waals surface area contributed by atoms with Gasteiger partial charge >= 0.3 is 16.1 Å². The van der Waals surface area contributed by atoms with E-state index in [2.05, 4.69) is 0 Å². The molecular formula is C20H22N4O11S. The number of anilines is 2. The van der Waals surface area contributed by atoms with Gasteiger partial charge in [-0.1, -0.05) is 0 Å². The van der Waals surface area contributed by atoms with Gasteiger partial charge < -0.3 is 30.6 Å². The number of esters is 1. The van der Waals surface area contributed by atoms with Crippen molar-refractivity contribution in [2.24, 2.45) is 0 Å². The number of hydrogen-bond donors (Lipinski definition) is 4. The second-order valence-electron chi connectivity index (χ2n) is 6.54. The first-order valence-electron chi connectivity index (χ1n) is 9.36. The van der Waals surface area contributed by atoms with E-state index in [4.69, 9.17) is 45.5 Å². The fraction of sp³-hybridized carbons (Fsp3) is 0.200. The highest BCUT2D eigenvalue weighted by Gasteiger charge is 2.22. The van der Waals surface area contributed by atoms with Crippen LogP contribution in [0.15, 0.2) is 36.4 Å². The third kappa shape index (κ3) is 13.6. The zero-order valence-corrected chi connectivity index (χ0v) is 19.7. The van der Waals surface area contributed by atoms with E-state index in [1.807, 2.05) is 0 Å². The van der Waals surface area contributed by atoms with Crippen LogP contribution in [0.3, 0.4) is 0 Å². The van der Waals surface area contributed by atoms with Crippen LogP contribution in [0.5, 0.6) is 5.75 Å². The number of carboxylic acid groups (broad SMARTS) is 2. The molecule has 0 radical (unpaired) electrons. The first kappa shape index (κ1) is 31.1. The van der Waals surface area contributed by atoms with E-state index < -0.39 is 44.4 Å². The molecule has 0 atom stereocenters. The molecule has 2 aromatic carbocycles. The van der Waals surface area contributed by atoms with Crippen LogP contribution in [0.1, 0.15) is 25.0 Å². The van der Waals surface area contributed by atoms with Crippen LogP contribution in [0.4, 0.5) is 17.1 Å². The van der Waals surface area contributed by atoms with E-state index in [0.717, 1.165) is 32.0 Å². The Bertz CT molecular complexity index is 1230. The summed E-state index contributed by atoms with van der Waals surface area (Å²) in [6.45, 7) is 1.92. The maximum atomic E-state index is 12.0.